The third kappa shape index (κ3) is 4.92. The zero-order chi connectivity index (χ0) is 22.0. The molecule has 1 atom stereocenters. The topological polar surface area (TPSA) is 86.8 Å². The summed E-state index contributed by atoms with van der Waals surface area (Å²) in [5.41, 5.74) is 2.89. The van der Waals surface area contributed by atoms with Crippen molar-refractivity contribution in [3.8, 4) is 0 Å². The largest absolute Gasteiger partial charge is 0.355 e. The molecular formula is C22H24ClN3O4S. The molecule has 1 fully saturated rings. The Morgan fingerprint density at radius 2 is 1.81 bits per heavy atom. The maximum atomic E-state index is 12.7. The third-order valence-corrected chi connectivity index (χ3v) is 7.85. The Hall–Kier alpha value is -2.42. The van der Waals surface area contributed by atoms with Crippen LogP contribution in [0.1, 0.15) is 17.5 Å². The number of halogens is 1. The summed E-state index contributed by atoms with van der Waals surface area (Å²) in [6, 6.07) is 14.7. The summed E-state index contributed by atoms with van der Waals surface area (Å²) in [7, 11) is -3.49. The van der Waals surface area contributed by atoms with Crippen molar-refractivity contribution >= 4 is 39.1 Å². The van der Waals surface area contributed by atoms with Crippen LogP contribution in [-0.4, -0.2) is 49.9 Å². The normalized spacial score (nSPS) is 19.3. The predicted octanol–water partition coefficient (Wildman–Crippen LogP) is 2.20. The van der Waals surface area contributed by atoms with Gasteiger partial charge in [-0.15, -0.1) is 0 Å². The summed E-state index contributed by atoms with van der Waals surface area (Å²) in [5.74, 6) is -1.11. The number of carbonyl (C=O) groups is 2. The fraction of sp³-hybridized carbons (Fsp3) is 0.364. The van der Waals surface area contributed by atoms with Crippen molar-refractivity contribution < 1.29 is 18.0 Å². The minimum absolute atomic E-state index is 0.0188. The molecular weight excluding hydrogens is 438 g/mol. The van der Waals surface area contributed by atoms with Crippen LogP contribution in [0.25, 0.3) is 0 Å². The molecule has 2 aromatic rings. The first-order valence-electron chi connectivity index (χ1n) is 10.2. The van der Waals surface area contributed by atoms with E-state index in [1.54, 1.807) is 29.2 Å². The van der Waals surface area contributed by atoms with Crippen LogP contribution in [0.4, 0.5) is 5.69 Å². The SMILES string of the molecule is O=C(NCCS(=O)(=O)N1CCc2ccccc2C1)C1CC(=O)N(c2ccc(Cl)cc2)C1. The van der Waals surface area contributed by atoms with Gasteiger partial charge in [0.2, 0.25) is 21.8 Å². The van der Waals surface area contributed by atoms with Crippen LogP contribution >= 0.6 is 11.6 Å². The number of rotatable bonds is 6. The lowest BCUT2D eigenvalue weighted by Gasteiger charge is -2.28. The Bertz CT molecular complexity index is 1090. The number of anilines is 1. The molecule has 1 unspecified atom stereocenters. The summed E-state index contributed by atoms with van der Waals surface area (Å²) in [6.45, 7) is 1.09. The lowest BCUT2D eigenvalue weighted by molar-refractivity contribution is -0.126. The second-order valence-corrected chi connectivity index (χ2v) is 10.4. The average Bonchev–Trinajstić information content (AvgIpc) is 3.15. The summed E-state index contributed by atoms with van der Waals surface area (Å²) in [5, 5.41) is 3.27. The molecule has 2 aliphatic rings. The Balaban J connectivity index is 1.29. The molecule has 0 saturated carbocycles. The fourth-order valence-electron chi connectivity index (χ4n) is 4.04. The van der Waals surface area contributed by atoms with Gasteiger partial charge in [0.1, 0.15) is 0 Å². The zero-order valence-electron chi connectivity index (χ0n) is 17.0. The highest BCUT2D eigenvalue weighted by atomic mass is 35.5. The number of fused-ring (bicyclic) bond motifs is 1. The fourth-order valence-corrected chi connectivity index (χ4v) is 5.49. The Morgan fingerprint density at radius 1 is 1.10 bits per heavy atom. The summed E-state index contributed by atoms with van der Waals surface area (Å²) in [4.78, 5) is 26.4. The van der Waals surface area contributed by atoms with E-state index in [1.807, 2.05) is 24.3 Å². The number of nitrogens with one attached hydrogen (secondary N) is 1. The molecule has 7 nitrogen and oxygen atoms in total. The number of amides is 2. The van der Waals surface area contributed by atoms with E-state index in [9.17, 15) is 18.0 Å². The van der Waals surface area contributed by atoms with Crippen molar-refractivity contribution in [2.45, 2.75) is 19.4 Å². The molecule has 0 aliphatic carbocycles. The van der Waals surface area contributed by atoms with Crippen LogP contribution in [0.5, 0.6) is 0 Å². The highest BCUT2D eigenvalue weighted by molar-refractivity contribution is 7.89. The van der Waals surface area contributed by atoms with Crippen LogP contribution in [-0.2, 0) is 32.6 Å². The maximum Gasteiger partial charge on any atom is 0.227 e. The molecule has 2 aromatic carbocycles. The van der Waals surface area contributed by atoms with Crippen LogP contribution in [0.15, 0.2) is 48.5 Å². The van der Waals surface area contributed by atoms with E-state index >= 15 is 0 Å². The molecule has 9 heteroatoms. The van der Waals surface area contributed by atoms with Gasteiger partial charge in [0.15, 0.2) is 0 Å². The predicted molar refractivity (Wildman–Crippen MR) is 119 cm³/mol. The number of hydrogen-bond donors (Lipinski definition) is 1. The average molecular weight is 462 g/mol. The van der Waals surface area contributed by atoms with Crippen molar-refractivity contribution in [2.75, 3.05) is 30.3 Å². The molecule has 31 heavy (non-hydrogen) atoms. The quantitative estimate of drug-likeness (QED) is 0.714. The van der Waals surface area contributed by atoms with Crippen molar-refractivity contribution in [1.82, 2.24) is 9.62 Å². The Kier molecular flexibility index (Phi) is 6.31. The van der Waals surface area contributed by atoms with Gasteiger partial charge in [-0.1, -0.05) is 35.9 Å². The first-order valence-corrected chi connectivity index (χ1v) is 12.2. The van der Waals surface area contributed by atoms with Gasteiger partial charge in [0, 0.05) is 43.3 Å². The smallest absolute Gasteiger partial charge is 0.227 e. The molecule has 2 amide bonds. The van der Waals surface area contributed by atoms with Crippen molar-refractivity contribution in [2.24, 2.45) is 5.92 Å². The minimum Gasteiger partial charge on any atom is -0.355 e. The van der Waals surface area contributed by atoms with Gasteiger partial charge in [-0.05, 0) is 41.8 Å². The summed E-state index contributed by atoms with van der Waals surface area (Å²) >= 11 is 5.89. The van der Waals surface area contributed by atoms with E-state index in [0.29, 0.717) is 30.2 Å². The molecule has 0 spiro atoms. The van der Waals surface area contributed by atoms with Gasteiger partial charge < -0.3 is 10.2 Å². The van der Waals surface area contributed by atoms with E-state index in [1.165, 1.54) is 9.87 Å². The van der Waals surface area contributed by atoms with Crippen LogP contribution in [0.3, 0.4) is 0 Å². The lowest BCUT2D eigenvalue weighted by Crippen LogP contribution is -2.41. The van der Waals surface area contributed by atoms with Gasteiger partial charge in [0.25, 0.3) is 0 Å². The van der Waals surface area contributed by atoms with Crippen molar-refractivity contribution in [3.63, 3.8) is 0 Å². The Labute approximate surface area is 187 Å². The molecule has 2 aliphatic heterocycles. The molecule has 164 valence electrons. The van der Waals surface area contributed by atoms with E-state index in [-0.39, 0.29) is 37.1 Å². The second-order valence-electron chi connectivity index (χ2n) is 7.84. The summed E-state index contributed by atoms with van der Waals surface area (Å²) in [6.07, 6.45) is 0.788. The molecule has 1 N–H and O–H groups in total. The van der Waals surface area contributed by atoms with E-state index < -0.39 is 15.9 Å². The first-order chi connectivity index (χ1) is 14.8. The van der Waals surface area contributed by atoms with E-state index in [4.69, 9.17) is 11.6 Å². The van der Waals surface area contributed by atoms with Gasteiger partial charge in [-0.2, -0.15) is 4.31 Å². The number of sulfonamides is 1. The number of carbonyl (C=O) groups excluding carboxylic acids is 2. The highest BCUT2D eigenvalue weighted by Gasteiger charge is 2.35. The number of hydrogen-bond acceptors (Lipinski definition) is 4. The van der Waals surface area contributed by atoms with Gasteiger partial charge >= 0.3 is 0 Å². The molecule has 4 rings (SSSR count). The minimum atomic E-state index is -3.49. The van der Waals surface area contributed by atoms with Gasteiger partial charge in [0.05, 0.1) is 11.7 Å². The molecule has 1 saturated heterocycles. The molecule has 0 aromatic heterocycles. The highest BCUT2D eigenvalue weighted by Crippen LogP contribution is 2.26. The second kappa shape index (κ2) is 8.98. The first kappa shape index (κ1) is 21.8. The monoisotopic (exact) mass is 461 g/mol. The van der Waals surface area contributed by atoms with Gasteiger partial charge in [-0.3, -0.25) is 9.59 Å². The van der Waals surface area contributed by atoms with Crippen LogP contribution in [0, 0.1) is 5.92 Å². The van der Waals surface area contributed by atoms with Crippen molar-refractivity contribution in [3.05, 3.63) is 64.7 Å². The number of nitrogens with zero attached hydrogens (tertiary/aromatic N) is 2. The van der Waals surface area contributed by atoms with Crippen molar-refractivity contribution in [1.29, 1.82) is 0 Å². The van der Waals surface area contributed by atoms with E-state index in [2.05, 4.69) is 5.32 Å². The van der Waals surface area contributed by atoms with Crippen LogP contribution < -0.4 is 10.2 Å². The zero-order valence-corrected chi connectivity index (χ0v) is 18.5. The molecule has 0 bridgehead atoms. The maximum absolute atomic E-state index is 12.7. The van der Waals surface area contributed by atoms with E-state index in [0.717, 1.165) is 5.56 Å². The standard InChI is InChI=1S/C22H24ClN3O4S/c23-19-5-7-20(8-6-19)26-15-18(13-21(26)27)22(28)24-10-12-31(29,30)25-11-9-16-3-1-2-4-17(16)14-25/h1-8,18H,9-15H2,(H,24,28). The van der Waals surface area contributed by atoms with Crippen LogP contribution in [0.2, 0.25) is 5.02 Å². The van der Waals surface area contributed by atoms with Gasteiger partial charge in [-0.25, -0.2) is 8.42 Å². The summed E-state index contributed by atoms with van der Waals surface area (Å²) < 4.78 is 26.9. The lowest BCUT2D eigenvalue weighted by atomic mass is 10.0. The molecule has 0 radical (unpaired) electrons. The molecule has 2 heterocycles. The third-order valence-electron chi connectivity index (χ3n) is 5.78. The Morgan fingerprint density at radius 3 is 2.55 bits per heavy atom. The number of benzene rings is 2.